The van der Waals surface area contributed by atoms with Crippen LogP contribution in [0.3, 0.4) is 0 Å². The summed E-state index contributed by atoms with van der Waals surface area (Å²) in [5.41, 5.74) is 0. The number of hydrogen-bond donors (Lipinski definition) is 1. The van der Waals surface area contributed by atoms with E-state index in [0.717, 1.165) is 0 Å². The van der Waals surface area contributed by atoms with Gasteiger partial charge in [-0.3, -0.25) is 0 Å². The fourth-order valence-corrected chi connectivity index (χ4v) is 0. The van der Waals surface area contributed by atoms with E-state index in [0.29, 0.717) is 0 Å². The maximum absolute atomic E-state index is 8.55. The molecule has 0 rings (SSSR count). The molecule has 7 heteroatoms. The molecule has 0 aliphatic carbocycles. The molecule has 0 aliphatic rings. The van der Waals surface area contributed by atoms with Crippen molar-refractivity contribution >= 4 is 7.82 Å². The molecule has 0 fully saturated rings. The van der Waals surface area contributed by atoms with Gasteiger partial charge in [-0.15, -0.1) is 0 Å². The van der Waals surface area contributed by atoms with Gasteiger partial charge in [0.2, 0.25) is 0 Å². The minimum atomic E-state index is -5.39. The van der Waals surface area contributed by atoms with Crippen molar-refractivity contribution in [2.24, 2.45) is 0 Å². The van der Waals surface area contributed by atoms with E-state index >= 15 is 0 Å². The topological polar surface area (TPSA) is 106 Å². The summed E-state index contributed by atoms with van der Waals surface area (Å²) in [6, 6.07) is 0. The fourth-order valence-electron chi connectivity index (χ4n) is 0. The first kappa shape index (κ1) is 11.2. The van der Waals surface area contributed by atoms with E-state index in [1.807, 2.05) is 0 Å². The van der Waals surface area contributed by atoms with Crippen LogP contribution in [0.1, 0.15) is 0 Å². The molecule has 0 aliphatic heterocycles. The summed E-state index contributed by atoms with van der Waals surface area (Å²) in [5, 5.41) is 0. The second-order valence-electron chi connectivity index (χ2n) is 0.447. The molecule has 0 bridgehead atoms. The number of rotatable bonds is 0. The van der Waals surface area contributed by atoms with Crippen LogP contribution in [0, 0.1) is 38.5 Å². The van der Waals surface area contributed by atoms with Crippen molar-refractivity contribution < 1.29 is 59.3 Å². The first-order chi connectivity index (χ1) is 3.00. The molecule has 0 aromatic carbocycles. The van der Waals surface area contributed by atoms with E-state index in [2.05, 4.69) is 0 Å². The van der Waals surface area contributed by atoms with E-state index < -0.39 is 7.82 Å². The van der Waals surface area contributed by atoms with Crippen LogP contribution in [-0.4, -0.2) is 1.54 Å². The molecule has 0 heterocycles. The molecular weight excluding hydrogens is 343 g/mol. The van der Waals surface area contributed by atoms with Gasteiger partial charge in [0.05, 0.1) is 0 Å². The van der Waals surface area contributed by atoms with Crippen molar-refractivity contribution in [2.45, 2.75) is 0 Å². The summed E-state index contributed by atoms with van der Waals surface area (Å²) in [5.74, 6) is 0. The van der Waals surface area contributed by atoms with E-state index in [1.165, 1.54) is 0 Å². The molecule has 0 amide bonds. The molecule has 0 aromatic heterocycles. The number of hydrogen-bond acceptors (Lipinski definition) is 5. The molecule has 0 aromatic rings. The van der Waals surface area contributed by atoms with Crippen LogP contribution in [0.2, 0.25) is 0 Å². The Morgan fingerprint density at radius 3 is 1.29 bits per heavy atom. The van der Waals surface area contributed by atoms with Gasteiger partial charge in [0.15, 0.2) is 0 Å². The van der Waals surface area contributed by atoms with Crippen LogP contribution in [0.4, 0.5) is 0 Å². The van der Waals surface area contributed by atoms with E-state index in [9.17, 15) is 0 Å². The van der Waals surface area contributed by atoms with E-state index in [-0.39, 0.29) is 38.5 Å². The van der Waals surface area contributed by atoms with Gasteiger partial charge in [-0.2, -0.15) is 7.82 Å². The average molecular weight is 344 g/mol. The Labute approximate surface area is 66.6 Å². The Morgan fingerprint density at radius 2 is 1.29 bits per heavy atom. The summed E-state index contributed by atoms with van der Waals surface area (Å²) in [4.78, 5) is 25.6. The predicted octanol–water partition coefficient (Wildman–Crippen LogP) is -3.38. The first-order valence-corrected chi connectivity index (χ1v) is 4.25. The summed E-state index contributed by atoms with van der Waals surface area (Å²) in [6.07, 6.45) is 0. The molecule has 0 spiro atoms. The van der Waals surface area contributed by atoms with Crippen molar-refractivity contribution in [3.8, 4) is 0 Å². The SMILES string of the molecule is O=P([O-])([O-])[O-].[OH][Th+3]. The van der Waals surface area contributed by atoms with Crippen LogP contribution in [0.25, 0.3) is 0 Å². The van der Waals surface area contributed by atoms with E-state index in [4.69, 9.17) is 20.8 Å². The zero-order valence-corrected chi connectivity index (χ0v) is 8.03. The summed E-state index contributed by atoms with van der Waals surface area (Å²) < 4.78 is 15.7. The molecular formula is HO5PTh. The van der Waals surface area contributed by atoms with Crippen LogP contribution in [-0.2, 0) is 4.57 Å². The minimum absolute atomic E-state index is 0.158. The summed E-state index contributed by atoms with van der Waals surface area (Å²) >= 11 is 0.158. The van der Waals surface area contributed by atoms with Gasteiger partial charge in [-0.25, -0.2) is 0 Å². The molecule has 7 heavy (non-hydrogen) atoms. The van der Waals surface area contributed by atoms with Gasteiger partial charge in [0.1, 0.15) is 0 Å². The Kier molecular flexibility index (Phi) is 8.87. The Bertz CT molecular complexity index is 54.2. The quantitative estimate of drug-likeness (QED) is 0.462. The van der Waals surface area contributed by atoms with Gasteiger partial charge in [-0.1, -0.05) is 0 Å². The van der Waals surface area contributed by atoms with Crippen molar-refractivity contribution in [3.05, 3.63) is 0 Å². The molecule has 0 unspecified atom stereocenters. The average Bonchev–Trinajstić information content (AvgIpc) is 1.36. The first-order valence-electron chi connectivity index (χ1n) is 0.954. The maximum atomic E-state index is 8.55. The van der Waals surface area contributed by atoms with Gasteiger partial charge >= 0.3 is 40.0 Å². The predicted molar refractivity (Wildman–Crippen MR) is 9.83 cm³/mol. The second kappa shape index (κ2) is 5.53. The van der Waals surface area contributed by atoms with Crippen LogP contribution in [0.15, 0.2) is 0 Å². The molecule has 1 N–H and O–H groups in total. The van der Waals surface area contributed by atoms with Gasteiger partial charge < -0.3 is 19.2 Å². The standard InChI is InChI=1S/H3O4P.H2O.Th/c1-5(2,3)4;;/h(H3,1,2,3,4);1H2;/q;;+4/p-4. The molecule has 0 atom stereocenters. The third-order valence-corrected chi connectivity index (χ3v) is 0. The van der Waals surface area contributed by atoms with Crippen molar-refractivity contribution in [1.82, 2.24) is 0 Å². The van der Waals surface area contributed by atoms with Crippen molar-refractivity contribution in [3.63, 3.8) is 0 Å². The summed E-state index contributed by atoms with van der Waals surface area (Å²) in [6.45, 7) is 0. The molecule has 0 saturated carbocycles. The third kappa shape index (κ3) is 111. The van der Waals surface area contributed by atoms with Crippen LogP contribution in [0.5, 0.6) is 0 Å². The van der Waals surface area contributed by atoms with Crippen molar-refractivity contribution in [2.75, 3.05) is 0 Å². The van der Waals surface area contributed by atoms with Crippen LogP contribution < -0.4 is 14.7 Å². The van der Waals surface area contributed by atoms with Crippen LogP contribution >= 0.6 is 7.82 Å². The molecule has 5 nitrogen and oxygen atoms in total. The third-order valence-electron chi connectivity index (χ3n) is 0. The second-order valence-corrected chi connectivity index (χ2v) is 1.34. The molecule has 40 valence electrons. The zero-order valence-electron chi connectivity index (χ0n) is 3.03. The monoisotopic (exact) mass is 344 g/mol. The normalized spacial score (nSPS) is 9.43. The van der Waals surface area contributed by atoms with Gasteiger partial charge in [-0.05, 0) is 0 Å². The zero-order chi connectivity index (χ0) is 6.50. The Hall–Kier alpha value is 1.39. The van der Waals surface area contributed by atoms with Gasteiger partial charge in [0, 0.05) is 0 Å². The molecule has 0 radical (unpaired) electrons. The van der Waals surface area contributed by atoms with Crippen molar-refractivity contribution in [1.29, 1.82) is 0 Å². The number of phosphoric acid groups is 1. The molecule has 0 saturated heterocycles. The Morgan fingerprint density at radius 1 is 1.29 bits per heavy atom. The van der Waals surface area contributed by atoms with Gasteiger partial charge in [0.25, 0.3) is 0 Å². The Balaban J connectivity index is 0. The summed E-state index contributed by atoms with van der Waals surface area (Å²) in [7, 11) is -5.39. The fraction of sp³-hybridized carbons (Fsp3) is 0. The van der Waals surface area contributed by atoms with E-state index in [1.54, 1.807) is 0 Å².